The van der Waals surface area contributed by atoms with E-state index in [1.165, 1.54) is 12.8 Å². The highest BCUT2D eigenvalue weighted by atomic mass is 32.1. The molecular weight excluding hydrogens is 148 g/mol. The van der Waals surface area contributed by atoms with Gasteiger partial charge in [0.1, 0.15) is 0 Å². The normalized spacial score (nSPS) is 10.7. The van der Waals surface area contributed by atoms with Crippen molar-refractivity contribution in [1.82, 2.24) is 0 Å². The molecule has 0 N–H and O–H groups in total. The second-order valence-corrected chi connectivity index (χ2v) is 3.01. The van der Waals surface area contributed by atoms with Crippen molar-refractivity contribution in [2.45, 2.75) is 19.8 Å². The van der Waals surface area contributed by atoms with Crippen LogP contribution in [0, 0.1) is 12.3 Å². The maximum atomic E-state index is 4.16. The fourth-order valence-corrected chi connectivity index (χ4v) is 1.47. The molecule has 0 aliphatic carbocycles. The molecule has 0 aromatic rings. The minimum Gasteiger partial charge on any atom is -0.179 e. The van der Waals surface area contributed by atoms with Gasteiger partial charge in [0.15, 0.2) is 0 Å². The van der Waals surface area contributed by atoms with Gasteiger partial charge in [-0.15, -0.1) is 0 Å². The molecule has 0 atom stereocenters. The van der Waals surface area contributed by atoms with Crippen LogP contribution < -0.4 is 0 Å². The zero-order chi connectivity index (χ0) is 7.11. The van der Waals surface area contributed by atoms with Crippen LogP contribution in [-0.4, -0.2) is 11.5 Å². The van der Waals surface area contributed by atoms with Crippen molar-refractivity contribution in [2.75, 3.05) is 11.5 Å². The molecule has 0 saturated carbocycles. The summed E-state index contributed by atoms with van der Waals surface area (Å²) in [5.41, 5.74) is 0. The van der Waals surface area contributed by atoms with Crippen molar-refractivity contribution in [1.29, 1.82) is 0 Å². The maximum Gasteiger partial charge on any atom is -0.00952 e. The fraction of sp³-hybridized carbons (Fsp3) is 0.857. The molecule has 0 aromatic carbocycles. The first-order chi connectivity index (χ1) is 4.35. The zero-order valence-electron chi connectivity index (χ0n) is 5.88. The summed E-state index contributed by atoms with van der Waals surface area (Å²) in [4.78, 5) is 0. The molecule has 55 valence electrons. The molecule has 0 amide bonds. The summed E-state index contributed by atoms with van der Waals surface area (Å²) in [6.07, 6.45) is 4.63. The third kappa shape index (κ3) is 5.16. The monoisotopic (exact) mass is 163 g/mol. The van der Waals surface area contributed by atoms with Crippen LogP contribution >= 0.6 is 25.3 Å². The summed E-state index contributed by atoms with van der Waals surface area (Å²) in [5.74, 6) is 2.71. The fourth-order valence-electron chi connectivity index (χ4n) is 0.809. The molecule has 1 radical (unpaired) electrons. The van der Waals surface area contributed by atoms with Crippen LogP contribution in [0.5, 0.6) is 0 Å². The maximum absolute atomic E-state index is 4.16. The van der Waals surface area contributed by atoms with Gasteiger partial charge in [-0.25, -0.2) is 0 Å². The first-order valence-electron chi connectivity index (χ1n) is 3.36. The molecule has 0 aliphatic heterocycles. The third-order valence-corrected chi connectivity index (χ3v) is 1.99. The predicted octanol–water partition coefficient (Wildman–Crippen LogP) is 2.47. The van der Waals surface area contributed by atoms with E-state index in [1.807, 2.05) is 0 Å². The largest absolute Gasteiger partial charge is 0.179 e. The van der Waals surface area contributed by atoms with Crippen LogP contribution in [0.2, 0.25) is 0 Å². The van der Waals surface area contributed by atoms with Crippen molar-refractivity contribution in [3.63, 3.8) is 0 Å². The molecule has 0 aromatic heterocycles. The van der Waals surface area contributed by atoms with E-state index in [4.69, 9.17) is 0 Å². The molecular formula is C7H15S2. The van der Waals surface area contributed by atoms with Gasteiger partial charge in [0.2, 0.25) is 0 Å². The number of thiol groups is 2. The van der Waals surface area contributed by atoms with Crippen molar-refractivity contribution < 1.29 is 0 Å². The average molecular weight is 163 g/mol. The van der Waals surface area contributed by atoms with E-state index >= 15 is 0 Å². The Morgan fingerprint density at radius 2 is 1.67 bits per heavy atom. The minimum absolute atomic E-state index is 0.736. The first-order valence-corrected chi connectivity index (χ1v) is 4.62. The standard InChI is InChI=1S/C7H15S2/c1-2-7(3-5-8)4-6-9/h2,7-9H,3-6H2,1H3. The van der Waals surface area contributed by atoms with E-state index < -0.39 is 0 Å². The lowest BCUT2D eigenvalue weighted by atomic mass is 10.0. The van der Waals surface area contributed by atoms with E-state index in [-0.39, 0.29) is 0 Å². The summed E-state index contributed by atoms with van der Waals surface area (Å²) in [7, 11) is 0. The zero-order valence-corrected chi connectivity index (χ0v) is 7.67. The Labute approximate surface area is 69.2 Å². The van der Waals surface area contributed by atoms with Crippen LogP contribution in [0.3, 0.4) is 0 Å². The minimum atomic E-state index is 0.736. The van der Waals surface area contributed by atoms with Gasteiger partial charge in [-0.2, -0.15) is 25.3 Å². The smallest absolute Gasteiger partial charge is 0.00952 e. The summed E-state index contributed by atoms with van der Waals surface area (Å²) < 4.78 is 0. The van der Waals surface area contributed by atoms with Crippen LogP contribution in [0.15, 0.2) is 0 Å². The van der Waals surface area contributed by atoms with Crippen molar-refractivity contribution in [3.05, 3.63) is 6.42 Å². The lowest BCUT2D eigenvalue weighted by Crippen LogP contribution is -2.00. The number of hydrogen-bond acceptors (Lipinski definition) is 2. The Morgan fingerprint density at radius 3 is 1.89 bits per heavy atom. The van der Waals surface area contributed by atoms with Gasteiger partial charge in [0, 0.05) is 0 Å². The molecule has 0 heterocycles. The van der Waals surface area contributed by atoms with Gasteiger partial charge in [0.05, 0.1) is 0 Å². The second kappa shape index (κ2) is 6.81. The lowest BCUT2D eigenvalue weighted by molar-refractivity contribution is 0.576. The Hall–Kier alpha value is 0.700. The summed E-state index contributed by atoms with van der Waals surface area (Å²) >= 11 is 8.32. The van der Waals surface area contributed by atoms with E-state index in [0.29, 0.717) is 0 Å². The number of rotatable bonds is 5. The van der Waals surface area contributed by atoms with E-state index in [9.17, 15) is 0 Å². The van der Waals surface area contributed by atoms with E-state index in [0.717, 1.165) is 17.4 Å². The molecule has 0 rings (SSSR count). The summed E-state index contributed by atoms with van der Waals surface area (Å²) in [6, 6.07) is 0. The van der Waals surface area contributed by atoms with Gasteiger partial charge in [-0.3, -0.25) is 0 Å². The molecule has 0 spiro atoms. The van der Waals surface area contributed by atoms with Crippen LogP contribution in [-0.2, 0) is 0 Å². The molecule has 0 unspecified atom stereocenters. The first kappa shape index (κ1) is 9.70. The molecule has 0 fully saturated rings. The molecule has 9 heavy (non-hydrogen) atoms. The van der Waals surface area contributed by atoms with Crippen molar-refractivity contribution in [3.8, 4) is 0 Å². The average Bonchev–Trinajstić information content (AvgIpc) is 1.88. The quantitative estimate of drug-likeness (QED) is 0.572. The van der Waals surface area contributed by atoms with Gasteiger partial charge in [-0.05, 0) is 36.7 Å². The SMILES string of the molecule is C[CH]C(CCS)CCS. The summed E-state index contributed by atoms with van der Waals surface area (Å²) in [5, 5.41) is 0. The van der Waals surface area contributed by atoms with E-state index in [1.54, 1.807) is 0 Å². The summed E-state index contributed by atoms with van der Waals surface area (Å²) in [6.45, 7) is 2.11. The van der Waals surface area contributed by atoms with Crippen molar-refractivity contribution >= 4 is 25.3 Å². The highest BCUT2D eigenvalue weighted by molar-refractivity contribution is 7.80. The van der Waals surface area contributed by atoms with Gasteiger partial charge in [-0.1, -0.05) is 6.92 Å². The molecule has 0 aliphatic rings. The Morgan fingerprint density at radius 1 is 1.22 bits per heavy atom. The highest BCUT2D eigenvalue weighted by Gasteiger charge is 2.02. The highest BCUT2D eigenvalue weighted by Crippen LogP contribution is 2.12. The van der Waals surface area contributed by atoms with Gasteiger partial charge >= 0.3 is 0 Å². The Kier molecular flexibility index (Phi) is 7.34. The molecule has 2 heteroatoms. The Balaban J connectivity index is 3.18. The van der Waals surface area contributed by atoms with Crippen LogP contribution in [0.4, 0.5) is 0 Å². The third-order valence-electron chi connectivity index (χ3n) is 1.47. The molecule has 0 nitrogen and oxygen atoms in total. The Bertz CT molecular complexity index is 48.9. The second-order valence-electron chi connectivity index (χ2n) is 2.12. The van der Waals surface area contributed by atoms with Crippen LogP contribution in [0.25, 0.3) is 0 Å². The molecule has 0 saturated heterocycles. The topological polar surface area (TPSA) is 0 Å². The van der Waals surface area contributed by atoms with Gasteiger partial charge in [0.25, 0.3) is 0 Å². The number of hydrogen-bond donors (Lipinski definition) is 2. The van der Waals surface area contributed by atoms with Gasteiger partial charge < -0.3 is 0 Å². The lowest BCUT2D eigenvalue weighted by Gasteiger charge is -2.09. The molecule has 0 bridgehead atoms. The predicted molar refractivity (Wildman–Crippen MR) is 50.4 cm³/mol. The van der Waals surface area contributed by atoms with E-state index in [2.05, 4.69) is 38.6 Å². The van der Waals surface area contributed by atoms with Crippen molar-refractivity contribution in [2.24, 2.45) is 5.92 Å². The van der Waals surface area contributed by atoms with Crippen LogP contribution in [0.1, 0.15) is 19.8 Å².